The van der Waals surface area contributed by atoms with Gasteiger partial charge < -0.3 is 15.3 Å². The molecule has 0 spiro atoms. The molecule has 1 aliphatic heterocycles. The molecule has 1 heterocycles. The molecule has 0 bridgehead atoms. The maximum atomic E-state index is 12.3. The van der Waals surface area contributed by atoms with Gasteiger partial charge >= 0.3 is 12.1 Å². The number of alkyl halides is 3. The quantitative estimate of drug-likeness (QED) is 0.806. The highest BCUT2D eigenvalue weighted by Gasteiger charge is 2.40. The van der Waals surface area contributed by atoms with Crippen molar-refractivity contribution in [3.05, 3.63) is 35.4 Å². The minimum Gasteiger partial charge on any atom is -0.478 e. The Hall–Kier alpha value is -2.58. The monoisotopic (exact) mass is 358 g/mol. The highest BCUT2D eigenvalue weighted by molar-refractivity contribution is 5.89. The molecule has 6 nitrogen and oxygen atoms in total. The highest BCUT2D eigenvalue weighted by atomic mass is 19.4. The van der Waals surface area contributed by atoms with Gasteiger partial charge in [-0.15, -0.1) is 0 Å². The molecule has 0 aromatic heterocycles. The lowest BCUT2D eigenvalue weighted by Gasteiger charge is -2.18. The molecule has 0 aliphatic carbocycles. The summed E-state index contributed by atoms with van der Waals surface area (Å²) < 4.78 is 37.0. The van der Waals surface area contributed by atoms with Gasteiger partial charge in [-0.1, -0.05) is 12.1 Å². The number of halogens is 3. The van der Waals surface area contributed by atoms with Crippen LogP contribution in [0.25, 0.3) is 0 Å². The minimum atomic E-state index is -4.48. The fourth-order valence-corrected chi connectivity index (χ4v) is 2.61. The van der Waals surface area contributed by atoms with Gasteiger partial charge in [-0.25, -0.2) is 4.79 Å². The van der Waals surface area contributed by atoms with E-state index >= 15 is 0 Å². The predicted octanol–water partition coefficient (Wildman–Crippen LogP) is 1.45. The molecule has 0 saturated carbocycles. The van der Waals surface area contributed by atoms with Crippen LogP contribution in [-0.2, 0) is 16.0 Å². The third-order valence-corrected chi connectivity index (χ3v) is 3.87. The van der Waals surface area contributed by atoms with Gasteiger partial charge in [0.05, 0.1) is 11.5 Å². The van der Waals surface area contributed by atoms with Gasteiger partial charge in [-0.2, -0.15) is 13.2 Å². The van der Waals surface area contributed by atoms with Crippen LogP contribution in [0.15, 0.2) is 24.3 Å². The molecule has 1 atom stereocenters. The number of nitrogens with zero attached hydrogens (tertiary/aromatic N) is 1. The summed E-state index contributed by atoms with van der Waals surface area (Å²) in [5.41, 5.74) is 0.966. The third-order valence-electron chi connectivity index (χ3n) is 3.87. The van der Waals surface area contributed by atoms with Gasteiger partial charge in [0.25, 0.3) is 0 Å². The number of benzene rings is 1. The lowest BCUT2D eigenvalue weighted by molar-refractivity contribution is -0.157. The van der Waals surface area contributed by atoms with Crippen LogP contribution in [0.4, 0.5) is 13.2 Å². The van der Waals surface area contributed by atoms with Crippen LogP contribution >= 0.6 is 0 Å². The molecule has 0 unspecified atom stereocenters. The minimum absolute atomic E-state index is 0.155. The number of carbonyl (C=O) groups excluding carboxylic acids is 2. The Balaban J connectivity index is 1.79. The maximum Gasteiger partial charge on any atom is 0.406 e. The Morgan fingerprint density at radius 3 is 2.44 bits per heavy atom. The van der Waals surface area contributed by atoms with Crippen LogP contribution in [-0.4, -0.2) is 53.6 Å². The second-order valence-electron chi connectivity index (χ2n) is 5.83. The molecular weight excluding hydrogens is 341 g/mol. The summed E-state index contributed by atoms with van der Waals surface area (Å²) in [6.45, 7) is -1.34. The van der Waals surface area contributed by atoms with E-state index in [0.717, 1.165) is 5.56 Å². The van der Waals surface area contributed by atoms with Crippen molar-refractivity contribution < 1.29 is 32.7 Å². The number of carbonyl (C=O) groups is 3. The second kappa shape index (κ2) is 7.54. The van der Waals surface area contributed by atoms with Gasteiger partial charge in [-0.05, 0) is 24.1 Å². The van der Waals surface area contributed by atoms with Crippen LogP contribution in [0, 0.1) is 5.92 Å². The van der Waals surface area contributed by atoms with Crippen molar-refractivity contribution in [3.8, 4) is 0 Å². The Morgan fingerprint density at radius 1 is 1.24 bits per heavy atom. The van der Waals surface area contributed by atoms with Crippen LogP contribution in [0.1, 0.15) is 22.3 Å². The van der Waals surface area contributed by atoms with E-state index < -0.39 is 36.4 Å². The zero-order chi connectivity index (χ0) is 18.6. The van der Waals surface area contributed by atoms with E-state index in [-0.39, 0.29) is 25.1 Å². The summed E-state index contributed by atoms with van der Waals surface area (Å²) in [6, 6.07) is 6.15. The predicted molar refractivity (Wildman–Crippen MR) is 80.9 cm³/mol. The first-order chi connectivity index (χ1) is 11.7. The normalized spacial score (nSPS) is 17.6. The maximum absolute atomic E-state index is 12.3. The SMILES string of the molecule is O=C(O)c1ccc(CCNC(=O)[C@H]2CC(=O)N(CC(F)(F)F)C2)cc1. The third kappa shape index (κ3) is 5.47. The number of amides is 2. The van der Waals surface area contributed by atoms with Crippen molar-refractivity contribution in [3.63, 3.8) is 0 Å². The van der Waals surface area contributed by atoms with Gasteiger partial charge in [0.15, 0.2) is 0 Å². The van der Waals surface area contributed by atoms with Crippen LogP contribution < -0.4 is 5.32 Å². The topological polar surface area (TPSA) is 86.7 Å². The van der Waals surface area contributed by atoms with Crippen molar-refractivity contribution in [1.29, 1.82) is 0 Å². The molecule has 1 aromatic rings. The average molecular weight is 358 g/mol. The first kappa shape index (κ1) is 18.8. The average Bonchev–Trinajstić information content (AvgIpc) is 2.87. The number of hydrogen-bond acceptors (Lipinski definition) is 3. The van der Waals surface area contributed by atoms with Crippen molar-refractivity contribution >= 4 is 17.8 Å². The smallest absolute Gasteiger partial charge is 0.406 e. The van der Waals surface area contributed by atoms with Crippen molar-refractivity contribution in [2.45, 2.75) is 19.0 Å². The summed E-state index contributed by atoms with van der Waals surface area (Å²) in [4.78, 5) is 34.9. The molecule has 1 saturated heterocycles. The van der Waals surface area contributed by atoms with Gasteiger partial charge in [0.2, 0.25) is 11.8 Å². The van der Waals surface area contributed by atoms with E-state index in [4.69, 9.17) is 5.11 Å². The molecule has 1 aliphatic rings. The van der Waals surface area contributed by atoms with Gasteiger partial charge in [-0.3, -0.25) is 9.59 Å². The van der Waals surface area contributed by atoms with Crippen LogP contribution in [0.5, 0.6) is 0 Å². The molecule has 1 fully saturated rings. The summed E-state index contributed by atoms with van der Waals surface area (Å²) in [6.07, 6.45) is -4.27. The summed E-state index contributed by atoms with van der Waals surface area (Å²) in [7, 11) is 0. The Morgan fingerprint density at radius 2 is 1.88 bits per heavy atom. The number of aromatic carboxylic acids is 1. The zero-order valence-corrected chi connectivity index (χ0v) is 13.2. The first-order valence-electron chi connectivity index (χ1n) is 7.60. The Bertz CT molecular complexity index is 658. The van der Waals surface area contributed by atoms with Crippen molar-refractivity contribution in [1.82, 2.24) is 10.2 Å². The number of likely N-dealkylation sites (tertiary alicyclic amines) is 1. The second-order valence-corrected chi connectivity index (χ2v) is 5.83. The fraction of sp³-hybridized carbons (Fsp3) is 0.438. The van der Waals surface area contributed by atoms with Crippen LogP contribution in [0.2, 0.25) is 0 Å². The molecular formula is C16H17F3N2O4. The van der Waals surface area contributed by atoms with Gasteiger partial charge in [0, 0.05) is 19.5 Å². The Labute approximate surface area is 141 Å². The summed E-state index contributed by atoms with van der Waals surface area (Å²) in [5.74, 6) is -2.96. The number of rotatable bonds is 6. The number of carboxylic acids is 1. The molecule has 0 radical (unpaired) electrons. The molecule has 2 rings (SSSR count). The molecule has 136 valence electrons. The Kier molecular flexibility index (Phi) is 5.66. The van der Waals surface area contributed by atoms with Crippen molar-refractivity contribution in [2.24, 2.45) is 5.92 Å². The molecule has 2 N–H and O–H groups in total. The van der Waals surface area contributed by atoms with Crippen LogP contribution in [0.3, 0.4) is 0 Å². The van der Waals surface area contributed by atoms with E-state index in [2.05, 4.69) is 5.32 Å². The largest absolute Gasteiger partial charge is 0.478 e. The summed E-state index contributed by atoms with van der Waals surface area (Å²) >= 11 is 0. The lowest BCUT2D eigenvalue weighted by atomic mass is 10.1. The fourth-order valence-electron chi connectivity index (χ4n) is 2.61. The summed E-state index contributed by atoms with van der Waals surface area (Å²) in [5, 5.41) is 11.4. The molecule has 1 aromatic carbocycles. The lowest BCUT2D eigenvalue weighted by Crippen LogP contribution is -2.37. The van der Waals surface area contributed by atoms with E-state index in [1.165, 1.54) is 12.1 Å². The highest BCUT2D eigenvalue weighted by Crippen LogP contribution is 2.23. The molecule has 25 heavy (non-hydrogen) atoms. The van der Waals surface area contributed by atoms with E-state index in [1.54, 1.807) is 12.1 Å². The van der Waals surface area contributed by atoms with E-state index in [0.29, 0.717) is 11.3 Å². The zero-order valence-electron chi connectivity index (χ0n) is 13.2. The van der Waals surface area contributed by atoms with E-state index in [1.807, 2.05) is 0 Å². The molecule has 2 amide bonds. The van der Waals surface area contributed by atoms with Crippen molar-refractivity contribution in [2.75, 3.05) is 19.6 Å². The first-order valence-corrected chi connectivity index (χ1v) is 7.60. The number of carboxylic acid groups (broad SMARTS) is 1. The number of hydrogen-bond donors (Lipinski definition) is 2. The number of nitrogens with one attached hydrogen (secondary N) is 1. The standard InChI is InChI=1S/C16H17F3N2O4/c17-16(18,19)9-21-8-12(7-13(21)22)14(23)20-6-5-10-1-3-11(4-2-10)15(24)25/h1-4,12H,5-9H2,(H,20,23)(H,24,25)/t12-/m0/s1. The van der Waals surface area contributed by atoms with Gasteiger partial charge in [0.1, 0.15) is 6.54 Å². The molecule has 9 heteroatoms. The van der Waals surface area contributed by atoms with E-state index in [9.17, 15) is 27.6 Å².